The van der Waals surface area contributed by atoms with Crippen LogP contribution in [0.15, 0.2) is 30.6 Å². The Morgan fingerprint density at radius 2 is 1.90 bits per heavy atom. The fraction of sp³-hybridized carbons (Fsp3) is 0.565. The Bertz CT molecular complexity index is 883. The minimum Gasteiger partial charge on any atom is -0.346 e. The van der Waals surface area contributed by atoms with Crippen LogP contribution in [0, 0.1) is 5.92 Å². The van der Waals surface area contributed by atoms with Crippen LogP contribution in [0.2, 0.25) is 0 Å². The molecule has 2 aromatic rings. The maximum absolute atomic E-state index is 12.8. The van der Waals surface area contributed by atoms with E-state index in [1.165, 1.54) is 12.8 Å². The lowest BCUT2D eigenvalue weighted by Crippen LogP contribution is -2.43. The Hall–Kier alpha value is -2.74. The van der Waals surface area contributed by atoms with Gasteiger partial charge >= 0.3 is 0 Å². The summed E-state index contributed by atoms with van der Waals surface area (Å²) in [5, 5.41) is 7.51. The number of nitrogens with zero attached hydrogens (tertiary/aromatic N) is 5. The van der Waals surface area contributed by atoms with Crippen molar-refractivity contribution < 1.29 is 9.59 Å². The molecular weight excluding hydrogens is 392 g/mol. The predicted molar refractivity (Wildman–Crippen MR) is 117 cm³/mol. The zero-order valence-corrected chi connectivity index (χ0v) is 18.3. The van der Waals surface area contributed by atoms with Gasteiger partial charge in [0, 0.05) is 32.5 Å². The summed E-state index contributed by atoms with van der Waals surface area (Å²) in [4.78, 5) is 33.8. The summed E-state index contributed by atoms with van der Waals surface area (Å²) in [5.41, 5.74) is 2.29. The van der Waals surface area contributed by atoms with Gasteiger partial charge in [0.05, 0.1) is 30.0 Å². The normalized spacial score (nSPS) is 17.8. The van der Waals surface area contributed by atoms with Crippen LogP contribution in [-0.2, 0) is 24.8 Å². The Labute approximate surface area is 183 Å². The van der Waals surface area contributed by atoms with E-state index in [1.807, 2.05) is 30.1 Å². The molecule has 0 aliphatic carbocycles. The Kier molecular flexibility index (Phi) is 6.96. The van der Waals surface area contributed by atoms with E-state index in [9.17, 15) is 9.59 Å². The van der Waals surface area contributed by atoms with Gasteiger partial charge in [-0.25, -0.2) is 0 Å². The first kappa shape index (κ1) is 21.5. The maximum Gasteiger partial charge on any atom is 0.255 e. The number of amides is 2. The summed E-state index contributed by atoms with van der Waals surface area (Å²) in [7, 11) is 1.85. The fourth-order valence-corrected chi connectivity index (χ4v) is 4.54. The Balaban J connectivity index is 1.29. The highest BCUT2D eigenvalue weighted by Crippen LogP contribution is 2.23. The summed E-state index contributed by atoms with van der Waals surface area (Å²) in [6.07, 6.45) is 8.60. The smallest absolute Gasteiger partial charge is 0.255 e. The third kappa shape index (κ3) is 5.70. The third-order valence-corrected chi connectivity index (χ3v) is 6.31. The minimum atomic E-state index is -0.119. The number of likely N-dealkylation sites (tertiary alicyclic amines) is 2. The van der Waals surface area contributed by atoms with Crippen LogP contribution in [0.3, 0.4) is 0 Å². The second-order valence-corrected chi connectivity index (χ2v) is 8.68. The standard InChI is InChI=1S/C23H32N6O2/c1-27-16-20(23(31)25-15-19-6-2-3-9-24-19)21(26-27)14-18-7-12-29(13-8-18)22(30)17-28-10-4-5-11-28/h2-3,6,9,16,18H,4-5,7-8,10-15,17H2,1H3,(H,25,31). The van der Waals surface area contributed by atoms with E-state index in [2.05, 4.69) is 20.3 Å². The van der Waals surface area contributed by atoms with Gasteiger partial charge in [-0.2, -0.15) is 5.10 Å². The highest BCUT2D eigenvalue weighted by molar-refractivity contribution is 5.95. The van der Waals surface area contributed by atoms with Crippen LogP contribution >= 0.6 is 0 Å². The molecule has 31 heavy (non-hydrogen) atoms. The van der Waals surface area contributed by atoms with Gasteiger partial charge in [0.15, 0.2) is 0 Å². The zero-order chi connectivity index (χ0) is 21.6. The number of aryl methyl sites for hydroxylation is 1. The number of piperidine rings is 1. The molecule has 0 aromatic carbocycles. The van der Waals surface area contributed by atoms with Crippen LogP contribution in [-0.4, -0.2) is 69.1 Å². The van der Waals surface area contributed by atoms with Gasteiger partial charge in [0.25, 0.3) is 5.91 Å². The topological polar surface area (TPSA) is 83.4 Å². The first-order valence-corrected chi connectivity index (χ1v) is 11.3. The van der Waals surface area contributed by atoms with Gasteiger partial charge < -0.3 is 10.2 Å². The molecule has 4 rings (SSSR count). The molecule has 0 saturated carbocycles. The molecule has 2 amide bonds. The lowest BCUT2D eigenvalue weighted by Gasteiger charge is -2.33. The van der Waals surface area contributed by atoms with Gasteiger partial charge in [-0.05, 0) is 63.2 Å². The minimum absolute atomic E-state index is 0.119. The molecular formula is C23H32N6O2. The number of rotatable bonds is 7. The van der Waals surface area contributed by atoms with Crippen molar-refractivity contribution in [2.75, 3.05) is 32.7 Å². The number of hydrogen-bond acceptors (Lipinski definition) is 5. The van der Waals surface area contributed by atoms with Crippen molar-refractivity contribution in [1.29, 1.82) is 0 Å². The van der Waals surface area contributed by atoms with E-state index >= 15 is 0 Å². The molecule has 1 N–H and O–H groups in total. The van der Waals surface area contributed by atoms with Crippen molar-refractivity contribution in [3.8, 4) is 0 Å². The van der Waals surface area contributed by atoms with Crippen molar-refractivity contribution in [3.63, 3.8) is 0 Å². The van der Waals surface area contributed by atoms with Gasteiger partial charge in [-0.3, -0.25) is 24.2 Å². The van der Waals surface area contributed by atoms with Crippen LogP contribution in [0.1, 0.15) is 47.4 Å². The van der Waals surface area contributed by atoms with Crippen LogP contribution < -0.4 is 5.32 Å². The molecule has 0 atom stereocenters. The van der Waals surface area contributed by atoms with E-state index in [1.54, 1.807) is 17.1 Å². The number of carbonyl (C=O) groups is 2. The number of hydrogen-bond donors (Lipinski definition) is 1. The second-order valence-electron chi connectivity index (χ2n) is 8.68. The van der Waals surface area contributed by atoms with Crippen LogP contribution in [0.4, 0.5) is 0 Å². The SMILES string of the molecule is Cn1cc(C(=O)NCc2ccccn2)c(CC2CCN(C(=O)CN3CCCC3)CC2)n1. The molecule has 0 radical (unpaired) electrons. The lowest BCUT2D eigenvalue weighted by molar-refractivity contribution is -0.133. The molecule has 2 aliphatic heterocycles. The largest absolute Gasteiger partial charge is 0.346 e. The second kappa shape index (κ2) is 10.0. The van der Waals surface area contributed by atoms with E-state index in [-0.39, 0.29) is 11.8 Å². The number of aromatic nitrogens is 3. The summed E-state index contributed by atoms with van der Waals surface area (Å²) < 4.78 is 1.71. The molecule has 8 nitrogen and oxygen atoms in total. The molecule has 4 heterocycles. The highest BCUT2D eigenvalue weighted by Gasteiger charge is 2.27. The van der Waals surface area contributed by atoms with E-state index in [0.29, 0.717) is 24.6 Å². The quantitative estimate of drug-likeness (QED) is 0.730. The molecule has 0 spiro atoms. The first-order chi connectivity index (χ1) is 15.1. The average molecular weight is 425 g/mol. The molecule has 166 valence electrons. The highest BCUT2D eigenvalue weighted by atomic mass is 16.2. The van der Waals surface area contributed by atoms with Crippen LogP contribution in [0.5, 0.6) is 0 Å². The van der Waals surface area contributed by atoms with E-state index < -0.39 is 0 Å². The summed E-state index contributed by atoms with van der Waals surface area (Å²) >= 11 is 0. The molecule has 2 fully saturated rings. The van der Waals surface area contributed by atoms with Gasteiger partial charge in [0.2, 0.25) is 5.91 Å². The van der Waals surface area contributed by atoms with Crippen molar-refractivity contribution >= 4 is 11.8 Å². The number of carbonyl (C=O) groups excluding carboxylic acids is 2. The van der Waals surface area contributed by atoms with Crippen molar-refractivity contribution in [3.05, 3.63) is 47.5 Å². The first-order valence-electron chi connectivity index (χ1n) is 11.3. The molecule has 2 aromatic heterocycles. The summed E-state index contributed by atoms with van der Waals surface area (Å²) in [5.74, 6) is 0.577. The van der Waals surface area contributed by atoms with E-state index in [0.717, 1.165) is 56.8 Å². The molecule has 0 bridgehead atoms. The number of nitrogens with one attached hydrogen (secondary N) is 1. The number of pyridine rings is 1. The average Bonchev–Trinajstić information content (AvgIpc) is 3.42. The van der Waals surface area contributed by atoms with E-state index in [4.69, 9.17) is 0 Å². The Morgan fingerprint density at radius 3 is 2.61 bits per heavy atom. The molecule has 0 unspecified atom stereocenters. The molecule has 2 saturated heterocycles. The Morgan fingerprint density at radius 1 is 1.13 bits per heavy atom. The van der Waals surface area contributed by atoms with Crippen molar-refractivity contribution in [2.24, 2.45) is 13.0 Å². The van der Waals surface area contributed by atoms with Crippen LogP contribution in [0.25, 0.3) is 0 Å². The lowest BCUT2D eigenvalue weighted by atomic mass is 9.91. The zero-order valence-electron chi connectivity index (χ0n) is 18.3. The van der Waals surface area contributed by atoms with Crippen molar-refractivity contribution in [2.45, 2.75) is 38.6 Å². The summed E-state index contributed by atoms with van der Waals surface area (Å²) in [6.45, 7) is 4.65. The third-order valence-electron chi connectivity index (χ3n) is 6.31. The summed E-state index contributed by atoms with van der Waals surface area (Å²) in [6, 6.07) is 5.66. The predicted octanol–water partition coefficient (Wildman–Crippen LogP) is 1.62. The molecule has 8 heteroatoms. The van der Waals surface area contributed by atoms with Gasteiger partial charge in [0.1, 0.15) is 0 Å². The van der Waals surface area contributed by atoms with Crippen molar-refractivity contribution in [1.82, 2.24) is 29.9 Å². The molecule has 2 aliphatic rings. The maximum atomic E-state index is 12.8. The monoisotopic (exact) mass is 424 g/mol. The van der Waals surface area contributed by atoms with Gasteiger partial charge in [-0.1, -0.05) is 6.07 Å². The van der Waals surface area contributed by atoms with Gasteiger partial charge in [-0.15, -0.1) is 0 Å². The fourth-order valence-electron chi connectivity index (χ4n) is 4.54.